The molecular weight excluding hydrogens is 322 g/mol. The first-order valence-corrected chi connectivity index (χ1v) is 8.58. The van der Waals surface area contributed by atoms with Crippen LogP contribution in [-0.2, 0) is 6.42 Å². The Kier molecular flexibility index (Phi) is 4.23. The van der Waals surface area contributed by atoms with Crippen LogP contribution in [0.4, 0.5) is 5.82 Å². The topological polar surface area (TPSA) is 46.4 Å². The number of benzene rings is 2. The molecule has 2 aromatic heterocycles. The van der Waals surface area contributed by atoms with Crippen LogP contribution in [0.2, 0.25) is 0 Å². The van der Waals surface area contributed by atoms with E-state index in [1.807, 2.05) is 66.1 Å². The van der Waals surface area contributed by atoms with Gasteiger partial charge in [-0.1, -0.05) is 54.6 Å². The number of nitrogens with one attached hydrogen (secondary N) is 1. The Balaban J connectivity index is 1.76. The molecule has 0 spiro atoms. The van der Waals surface area contributed by atoms with Gasteiger partial charge in [0.25, 0.3) is 5.91 Å². The normalized spacial score (nSPS) is 10.8. The Bertz CT molecular complexity index is 1050. The Morgan fingerprint density at radius 3 is 2.38 bits per heavy atom. The molecule has 0 aliphatic heterocycles. The molecule has 1 amide bonds. The van der Waals surface area contributed by atoms with Crippen molar-refractivity contribution in [2.75, 3.05) is 5.32 Å². The van der Waals surface area contributed by atoms with Crippen LogP contribution >= 0.6 is 0 Å². The van der Waals surface area contributed by atoms with E-state index in [4.69, 9.17) is 4.98 Å². The largest absolute Gasteiger partial charge is 0.306 e. The first-order valence-electron chi connectivity index (χ1n) is 8.58. The number of nitrogens with zero attached hydrogens (tertiary/aromatic N) is 2. The van der Waals surface area contributed by atoms with Gasteiger partial charge in [-0.05, 0) is 36.2 Å². The van der Waals surface area contributed by atoms with Crippen LogP contribution in [0.3, 0.4) is 0 Å². The molecule has 4 rings (SSSR count). The van der Waals surface area contributed by atoms with Gasteiger partial charge in [0.2, 0.25) is 0 Å². The van der Waals surface area contributed by atoms with E-state index in [1.54, 1.807) is 12.1 Å². The molecule has 128 valence electrons. The SMILES string of the molecule is Cc1ccc2nc(Cc3ccccc3)c(NC(=O)c3ccccc3)n2c1. The number of aromatic nitrogens is 2. The number of hydrogen-bond donors (Lipinski definition) is 1. The molecule has 0 aliphatic carbocycles. The summed E-state index contributed by atoms with van der Waals surface area (Å²) in [5.41, 5.74) is 4.57. The van der Waals surface area contributed by atoms with Gasteiger partial charge in [0.1, 0.15) is 11.5 Å². The third-order valence-electron chi connectivity index (χ3n) is 4.32. The van der Waals surface area contributed by atoms with Gasteiger partial charge in [-0.15, -0.1) is 0 Å². The summed E-state index contributed by atoms with van der Waals surface area (Å²) in [4.78, 5) is 17.4. The Morgan fingerprint density at radius 1 is 0.962 bits per heavy atom. The number of anilines is 1. The average Bonchev–Trinajstić information content (AvgIpc) is 3.00. The molecule has 0 unspecified atom stereocenters. The van der Waals surface area contributed by atoms with Crippen LogP contribution in [0.25, 0.3) is 5.65 Å². The fraction of sp³-hybridized carbons (Fsp3) is 0.0909. The maximum Gasteiger partial charge on any atom is 0.256 e. The highest BCUT2D eigenvalue weighted by molar-refractivity contribution is 6.04. The zero-order chi connectivity index (χ0) is 17.9. The van der Waals surface area contributed by atoms with E-state index >= 15 is 0 Å². The Morgan fingerprint density at radius 2 is 1.65 bits per heavy atom. The van der Waals surface area contributed by atoms with Gasteiger partial charge in [-0.2, -0.15) is 0 Å². The highest BCUT2D eigenvalue weighted by atomic mass is 16.1. The standard InChI is InChI=1S/C22H19N3O/c1-16-12-13-20-23-19(14-17-8-4-2-5-9-17)21(25(20)15-16)24-22(26)18-10-6-3-7-11-18/h2-13,15H,14H2,1H3,(H,24,26). The second kappa shape index (κ2) is 6.84. The van der Waals surface area contributed by atoms with Gasteiger partial charge in [0.15, 0.2) is 0 Å². The monoisotopic (exact) mass is 341 g/mol. The summed E-state index contributed by atoms with van der Waals surface area (Å²) in [5, 5.41) is 3.06. The number of rotatable bonds is 4. The fourth-order valence-corrected chi connectivity index (χ4v) is 3.01. The number of imidazole rings is 1. The van der Waals surface area contributed by atoms with Crippen LogP contribution in [-0.4, -0.2) is 15.3 Å². The molecule has 0 saturated heterocycles. The molecule has 0 aliphatic rings. The molecule has 0 saturated carbocycles. The van der Waals surface area contributed by atoms with Crippen LogP contribution in [0, 0.1) is 6.92 Å². The van der Waals surface area contributed by atoms with E-state index in [2.05, 4.69) is 17.4 Å². The summed E-state index contributed by atoms with van der Waals surface area (Å²) < 4.78 is 1.95. The van der Waals surface area contributed by atoms with E-state index in [9.17, 15) is 4.79 Å². The lowest BCUT2D eigenvalue weighted by molar-refractivity contribution is 0.102. The van der Waals surface area contributed by atoms with Gasteiger partial charge in [0, 0.05) is 18.2 Å². The van der Waals surface area contributed by atoms with E-state index in [0.717, 1.165) is 28.3 Å². The molecule has 0 fully saturated rings. The predicted octanol–water partition coefficient (Wildman–Crippen LogP) is 4.49. The first kappa shape index (κ1) is 16.1. The highest BCUT2D eigenvalue weighted by Gasteiger charge is 2.16. The van der Waals surface area contributed by atoms with Crippen molar-refractivity contribution in [3.63, 3.8) is 0 Å². The zero-order valence-electron chi connectivity index (χ0n) is 14.5. The highest BCUT2D eigenvalue weighted by Crippen LogP contribution is 2.23. The summed E-state index contributed by atoms with van der Waals surface area (Å²) in [6.07, 6.45) is 2.66. The smallest absolute Gasteiger partial charge is 0.256 e. The second-order valence-electron chi connectivity index (χ2n) is 6.32. The minimum absolute atomic E-state index is 0.136. The summed E-state index contributed by atoms with van der Waals surface area (Å²) >= 11 is 0. The fourth-order valence-electron chi connectivity index (χ4n) is 3.01. The third-order valence-corrected chi connectivity index (χ3v) is 4.32. The lowest BCUT2D eigenvalue weighted by Gasteiger charge is -2.08. The number of pyridine rings is 1. The Hall–Kier alpha value is -3.40. The van der Waals surface area contributed by atoms with Gasteiger partial charge in [0.05, 0.1) is 5.69 Å². The summed E-state index contributed by atoms with van der Waals surface area (Å²) in [5.74, 6) is 0.588. The van der Waals surface area contributed by atoms with E-state index in [-0.39, 0.29) is 5.91 Å². The molecule has 4 heteroatoms. The van der Waals surface area contributed by atoms with Crippen LogP contribution in [0.1, 0.15) is 27.2 Å². The molecule has 2 aromatic carbocycles. The molecule has 0 atom stereocenters. The molecule has 4 nitrogen and oxygen atoms in total. The Labute approximate surface area is 152 Å². The second-order valence-corrected chi connectivity index (χ2v) is 6.32. The first-order chi connectivity index (χ1) is 12.7. The molecular formula is C22H19N3O. The van der Waals surface area contributed by atoms with Crippen molar-refractivity contribution in [1.82, 2.24) is 9.38 Å². The molecule has 0 radical (unpaired) electrons. The zero-order valence-corrected chi connectivity index (χ0v) is 14.5. The number of hydrogen-bond acceptors (Lipinski definition) is 2. The van der Waals surface area contributed by atoms with E-state index in [1.165, 1.54) is 0 Å². The number of amides is 1. The van der Waals surface area contributed by atoms with E-state index in [0.29, 0.717) is 12.0 Å². The number of fused-ring (bicyclic) bond motifs is 1. The maximum absolute atomic E-state index is 12.7. The number of aryl methyl sites for hydroxylation is 1. The quantitative estimate of drug-likeness (QED) is 0.595. The molecule has 4 aromatic rings. The number of carbonyl (C=O) groups excluding carboxylic acids is 1. The van der Waals surface area contributed by atoms with Crippen molar-refractivity contribution in [2.24, 2.45) is 0 Å². The van der Waals surface area contributed by atoms with Gasteiger partial charge in [-0.3, -0.25) is 9.20 Å². The average molecular weight is 341 g/mol. The van der Waals surface area contributed by atoms with Crippen LogP contribution in [0.15, 0.2) is 79.0 Å². The molecule has 0 bridgehead atoms. The minimum Gasteiger partial charge on any atom is -0.306 e. The van der Waals surface area contributed by atoms with Crippen molar-refractivity contribution >= 4 is 17.4 Å². The van der Waals surface area contributed by atoms with Gasteiger partial charge >= 0.3 is 0 Å². The predicted molar refractivity (Wildman–Crippen MR) is 104 cm³/mol. The molecule has 26 heavy (non-hydrogen) atoms. The molecule has 2 heterocycles. The van der Waals surface area contributed by atoms with Crippen molar-refractivity contribution in [2.45, 2.75) is 13.3 Å². The lowest BCUT2D eigenvalue weighted by atomic mass is 10.1. The van der Waals surface area contributed by atoms with Crippen molar-refractivity contribution in [3.05, 3.63) is 101 Å². The van der Waals surface area contributed by atoms with Crippen molar-refractivity contribution in [3.8, 4) is 0 Å². The minimum atomic E-state index is -0.136. The van der Waals surface area contributed by atoms with Gasteiger partial charge < -0.3 is 5.32 Å². The van der Waals surface area contributed by atoms with Crippen LogP contribution in [0.5, 0.6) is 0 Å². The number of carbonyl (C=O) groups is 1. The molecule has 1 N–H and O–H groups in total. The van der Waals surface area contributed by atoms with Gasteiger partial charge in [-0.25, -0.2) is 4.98 Å². The summed E-state index contributed by atoms with van der Waals surface area (Å²) in [6, 6.07) is 23.4. The summed E-state index contributed by atoms with van der Waals surface area (Å²) in [6.45, 7) is 2.03. The van der Waals surface area contributed by atoms with E-state index < -0.39 is 0 Å². The van der Waals surface area contributed by atoms with Crippen molar-refractivity contribution < 1.29 is 4.79 Å². The summed E-state index contributed by atoms with van der Waals surface area (Å²) in [7, 11) is 0. The third kappa shape index (κ3) is 3.22. The van der Waals surface area contributed by atoms with Crippen LogP contribution < -0.4 is 5.32 Å². The maximum atomic E-state index is 12.7. The lowest BCUT2D eigenvalue weighted by Crippen LogP contribution is -2.14. The van der Waals surface area contributed by atoms with Crippen molar-refractivity contribution in [1.29, 1.82) is 0 Å².